The molecule has 0 aliphatic heterocycles. The lowest BCUT2D eigenvalue weighted by Crippen LogP contribution is -2.50. The Bertz CT molecular complexity index is 1310. The van der Waals surface area contributed by atoms with Gasteiger partial charge in [0, 0.05) is 25.7 Å². The lowest BCUT2D eigenvalue weighted by molar-refractivity contribution is -0.140. The molecular weight excluding hydrogens is 469 g/mol. The summed E-state index contributed by atoms with van der Waals surface area (Å²) in [5, 5.41) is 4.39. The van der Waals surface area contributed by atoms with Gasteiger partial charge in [0.25, 0.3) is 0 Å². The number of hydrogen-bond donors (Lipinski definition) is 1. The normalized spacial score (nSPS) is 12.5. The van der Waals surface area contributed by atoms with Gasteiger partial charge in [-0.2, -0.15) is 4.31 Å². The van der Waals surface area contributed by atoms with Gasteiger partial charge < -0.3 is 10.2 Å². The number of nitrogens with zero attached hydrogens (tertiary/aromatic N) is 2. The van der Waals surface area contributed by atoms with Crippen LogP contribution < -0.4 is 5.32 Å². The zero-order chi connectivity index (χ0) is 25.6. The Morgan fingerprint density at radius 3 is 2.34 bits per heavy atom. The zero-order valence-electron chi connectivity index (χ0n) is 20.1. The lowest BCUT2D eigenvalue weighted by Gasteiger charge is -2.30. The maximum Gasteiger partial charge on any atom is 0.243 e. The second-order valence-electron chi connectivity index (χ2n) is 8.35. The Hall–Kier alpha value is -3.30. The fourth-order valence-corrected chi connectivity index (χ4v) is 4.82. The number of nitrogens with one attached hydrogen (secondary N) is 1. The summed E-state index contributed by atoms with van der Waals surface area (Å²) in [5.74, 6) is -1.51. The molecule has 0 aromatic heterocycles. The predicted octanol–water partition coefficient (Wildman–Crippen LogP) is 3.54. The van der Waals surface area contributed by atoms with Crippen LogP contribution in [0.2, 0.25) is 0 Å². The van der Waals surface area contributed by atoms with Crippen LogP contribution >= 0.6 is 0 Å². The highest BCUT2D eigenvalue weighted by atomic mass is 32.2. The first kappa shape index (κ1) is 26.3. The number of halogens is 1. The second-order valence-corrected chi connectivity index (χ2v) is 10.4. The molecule has 1 N–H and O–H groups in total. The van der Waals surface area contributed by atoms with E-state index in [1.807, 2.05) is 31.2 Å². The van der Waals surface area contributed by atoms with Crippen LogP contribution in [0, 0.1) is 5.82 Å². The van der Waals surface area contributed by atoms with E-state index in [1.165, 1.54) is 36.2 Å². The molecule has 0 aliphatic carbocycles. The van der Waals surface area contributed by atoms with E-state index in [9.17, 15) is 22.4 Å². The van der Waals surface area contributed by atoms with Crippen molar-refractivity contribution < 1.29 is 22.4 Å². The van der Waals surface area contributed by atoms with E-state index in [4.69, 9.17) is 0 Å². The van der Waals surface area contributed by atoms with E-state index < -0.39 is 40.2 Å². The monoisotopic (exact) mass is 499 g/mol. The molecule has 3 aromatic carbocycles. The van der Waals surface area contributed by atoms with Crippen molar-refractivity contribution in [2.45, 2.75) is 37.8 Å². The first-order valence-electron chi connectivity index (χ1n) is 11.4. The van der Waals surface area contributed by atoms with Crippen LogP contribution in [0.1, 0.15) is 25.8 Å². The Labute approximate surface area is 205 Å². The Kier molecular flexibility index (Phi) is 8.58. The number of likely N-dealkylation sites (N-methyl/N-ethyl adjacent to an activating group) is 1. The SMILES string of the molecule is CCCNC(=O)[C@H](C)N(Cc1ccccc1F)C(=O)CN(C)S(=O)(=O)c1ccc2ccccc2c1. The number of carbonyl (C=O) groups is 2. The third-order valence-corrected chi connectivity index (χ3v) is 7.60. The van der Waals surface area contributed by atoms with Gasteiger partial charge in [-0.15, -0.1) is 0 Å². The molecule has 0 fully saturated rings. The summed E-state index contributed by atoms with van der Waals surface area (Å²) in [7, 11) is -2.68. The molecule has 35 heavy (non-hydrogen) atoms. The van der Waals surface area contributed by atoms with E-state index in [-0.39, 0.29) is 17.0 Å². The first-order valence-corrected chi connectivity index (χ1v) is 12.8. The van der Waals surface area contributed by atoms with Crippen LogP contribution in [-0.4, -0.2) is 55.6 Å². The van der Waals surface area contributed by atoms with Gasteiger partial charge in [0.15, 0.2) is 0 Å². The van der Waals surface area contributed by atoms with Gasteiger partial charge in [0.2, 0.25) is 21.8 Å². The number of fused-ring (bicyclic) bond motifs is 1. The van der Waals surface area contributed by atoms with E-state index >= 15 is 0 Å². The number of carbonyl (C=O) groups excluding carboxylic acids is 2. The minimum Gasteiger partial charge on any atom is -0.354 e. The van der Waals surface area contributed by atoms with Crippen molar-refractivity contribution in [3.05, 3.63) is 78.1 Å². The van der Waals surface area contributed by atoms with Crippen LogP contribution in [0.15, 0.2) is 71.6 Å². The zero-order valence-corrected chi connectivity index (χ0v) is 20.9. The van der Waals surface area contributed by atoms with Gasteiger partial charge in [0.1, 0.15) is 11.9 Å². The summed E-state index contributed by atoms with van der Waals surface area (Å²) in [6.07, 6.45) is 0.715. The highest BCUT2D eigenvalue weighted by molar-refractivity contribution is 7.89. The molecule has 0 radical (unpaired) electrons. The smallest absolute Gasteiger partial charge is 0.243 e. The summed E-state index contributed by atoms with van der Waals surface area (Å²) >= 11 is 0. The van der Waals surface area contributed by atoms with Crippen LogP contribution in [-0.2, 0) is 26.2 Å². The molecular formula is C26H30FN3O4S. The molecule has 0 aliphatic rings. The summed E-state index contributed by atoms with van der Waals surface area (Å²) in [6, 6.07) is 17.2. The minimum atomic E-state index is -3.99. The van der Waals surface area contributed by atoms with Crippen molar-refractivity contribution in [3.8, 4) is 0 Å². The van der Waals surface area contributed by atoms with Crippen molar-refractivity contribution >= 4 is 32.6 Å². The second kappa shape index (κ2) is 11.4. The molecule has 2 amide bonds. The molecule has 1 atom stereocenters. The fraction of sp³-hybridized carbons (Fsp3) is 0.308. The van der Waals surface area contributed by atoms with Crippen LogP contribution in [0.3, 0.4) is 0 Å². The Balaban J connectivity index is 1.85. The lowest BCUT2D eigenvalue weighted by atomic mass is 10.1. The molecule has 0 unspecified atom stereocenters. The average Bonchev–Trinajstić information content (AvgIpc) is 2.85. The molecule has 3 rings (SSSR count). The van der Waals surface area contributed by atoms with Crippen molar-refractivity contribution in [1.82, 2.24) is 14.5 Å². The molecule has 3 aromatic rings. The Morgan fingerprint density at radius 1 is 1.00 bits per heavy atom. The summed E-state index contributed by atoms with van der Waals surface area (Å²) < 4.78 is 41.7. The fourth-order valence-electron chi connectivity index (χ4n) is 3.66. The van der Waals surface area contributed by atoms with Crippen LogP contribution in [0.4, 0.5) is 4.39 Å². The van der Waals surface area contributed by atoms with Gasteiger partial charge in [-0.1, -0.05) is 55.5 Å². The predicted molar refractivity (Wildman–Crippen MR) is 133 cm³/mol. The number of hydrogen-bond acceptors (Lipinski definition) is 4. The maximum absolute atomic E-state index is 14.3. The van der Waals surface area contributed by atoms with Crippen LogP contribution in [0.5, 0.6) is 0 Å². The molecule has 7 nitrogen and oxygen atoms in total. The maximum atomic E-state index is 14.3. The number of amides is 2. The molecule has 0 heterocycles. The highest BCUT2D eigenvalue weighted by Crippen LogP contribution is 2.22. The summed E-state index contributed by atoms with van der Waals surface area (Å²) in [6.45, 7) is 3.20. The van der Waals surface area contributed by atoms with E-state index in [0.29, 0.717) is 13.0 Å². The number of benzene rings is 3. The topological polar surface area (TPSA) is 86.8 Å². The van der Waals surface area contributed by atoms with Crippen molar-refractivity contribution in [3.63, 3.8) is 0 Å². The van der Waals surface area contributed by atoms with Gasteiger partial charge in [-0.05, 0) is 42.3 Å². The van der Waals surface area contributed by atoms with E-state index in [1.54, 1.807) is 25.1 Å². The Morgan fingerprint density at radius 2 is 1.66 bits per heavy atom. The van der Waals surface area contributed by atoms with Gasteiger partial charge >= 0.3 is 0 Å². The van der Waals surface area contributed by atoms with Gasteiger partial charge in [-0.25, -0.2) is 12.8 Å². The van der Waals surface area contributed by atoms with Crippen molar-refractivity contribution in [2.75, 3.05) is 20.1 Å². The third-order valence-electron chi connectivity index (χ3n) is 5.80. The molecule has 0 spiro atoms. The average molecular weight is 500 g/mol. The highest BCUT2D eigenvalue weighted by Gasteiger charge is 2.30. The molecule has 0 bridgehead atoms. The summed E-state index contributed by atoms with van der Waals surface area (Å²) in [5.41, 5.74) is 0.232. The number of sulfonamides is 1. The summed E-state index contributed by atoms with van der Waals surface area (Å²) in [4.78, 5) is 27.2. The van der Waals surface area contributed by atoms with Gasteiger partial charge in [0.05, 0.1) is 11.4 Å². The van der Waals surface area contributed by atoms with E-state index in [2.05, 4.69) is 5.32 Å². The molecule has 186 valence electrons. The van der Waals surface area contributed by atoms with E-state index in [0.717, 1.165) is 15.1 Å². The van der Waals surface area contributed by atoms with Crippen molar-refractivity contribution in [2.24, 2.45) is 0 Å². The van der Waals surface area contributed by atoms with Crippen LogP contribution in [0.25, 0.3) is 10.8 Å². The third kappa shape index (κ3) is 6.23. The van der Waals surface area contributed by atoms with Gasteiger partial charge in [-0.3, -0.25) is 9.59 Å². The first-order chi connectivity index (χ1) is 16.6. The quantitative estimate of drug-likeness (QED) is 0.462. The molecule has 0 saturated heterocycles. The standard InChI is InChI=1S/C26H30FN3O4S/c1-4-15-28-26(32)19(2)30(17-22-11-7-8-12-24(22)27)25(31)18-29(3)35(33,34)23-14-13-20-9-5-6-10-21(20)16-23/h5-14,16,19H,4,15,17-18H2,1-3H3,(H,28,32)/t19-/m0/s1. The minimum absolute atomic E-state index is 0.0564. The number of rotatable bonds is 10. The molecule has 9 heteroatoms. The largest absolute Gasteiger partial charge is 0.354 e. The molecule has 0 saturated carbocycles. The van der Waals surface area contributed by atoms with Crippen molar-refractivity contribution in [1.29, 1.82) is 0 Å².